The number of anilines is 1. The van der Waals surface area contributed by atoms with Gasteiger partial charge < -0.3 is 5.32 Å². The third kappa shape index (κ3) is 4.94. The van der Waals surface area contributed by atoms with Crippen LogP contribution in [0.4, 0.5) is 5.69 Å². The number of benzene rings is 2. The SMILES string of the molecule is CCSc1ccc(CC(=O)Nc2ccc(CC)cc2)cc1. The van der Waals surface area contributed by atoms with Crippen molar-refractivity contribution in [3.8, 4) is 0 Å². The van der Waals surface area contributed by atoms with Gasteiger partial charge in [0.05, 0.1) is 6.42 Å². The number of rotatable bonds is 6. The second kappa shape index (κ2) is 7.89. The van der Waals surface area contributed by atoms with Gasteiger partial charge in [0.2, 0.25) is 5.91 Å². The van der Waals surface area contributed by atoms with Crippen molar-refractivity contribution in [1.82, 2.24) is 0 Å². The van der Waals surface area contributed by atoms with Crippen molar-refractivity contribution >= 4 is 23.4 Å². The highest BCUT2D eigenvalue weighted by Crippen LogP contribution is 2.18. The molecule has 1 amide bonds. The van der Waals surface area contributed by atoms with E-state index < -0.39 is 0 Å². The Kier molecular flexibility index (Phi) is 5.88. The van der Waals surface area contributed by atoms with Crippen LogP contribution in [0, 0.1) is 0 Å². The number of carbonyl (C=O) groups excluding carboxylic acids is 1. The maximum atomic E-state index is 12.0. The summed E-state index contributed by atoms with van der Waals surface area (Å²) in [6.45, 7) is 4.25. The number of nitrogens with one attached hydrogen (secondary N) is 1. The smallest absolute Gasteiger partial charge is 0.228 e. The zero-order valence-corrected chi connectivity index (χ0v) is 13.4. The quantitative estimate of drug-likeness (QED) is 0.793. The maximum Gasteiger partial charge on any atom is 0.228 e. The molecule has 0 aromatic heterocycles. The van der Waals surface area contributed by atoms with E-state index in [1.807, 2.05) is 48.2 Å². The van der Waals surface area contributed by atoms with Gasteiger partial charge in [-0.05, 0) is 47.6 Å². The minimum absolute atomic E-state index is 0.0233. The van der Waals surface area contributed by atoms with Gasteiger partial charge in [0.1, 0.15) is 0 Å². The van der Waals surface area contributed by atoms with Gasteiger partial charge in [0.25, 0.3) is 0 Å². The van der Waals surface area contributed by atoms with E-state index in [1.54, 1.807) is 0 Å². The molecule has 0 heterocycles. The Morgan fingerprint density at radius 3 is 2.14 bits per heavy atom. The van der Waals surface area contributed by atoms with E-state index in [2.05, 4.69) is 31.3 Å². The Hall–Kier alpha value is -1.74. The molecule has 0 spiro atoms. The molecule has 0 atom stereocenters. The monoisotopic (exact) mass is 299 g/mol. The first-order valence-corrected chi connectivity index (χ1v) is 8.30. The van der Waals surface area contributed by atoms with Crippen LogP contribution in [0.1, 0.15) is 25.0 Å². The van der Waals surface area contributed by atoms with Gasteiger partial charge >= 0.3 is 0 Å². The molecular formula is C18H21NOS. The predicted molar refractivity (Wildman–Crippen MR) is 91.0 cm³/mol. The summed E-state index contributed by atoms with van der Waals surface area (Å²) in [5.41, 5.74) is 3.17. The van der Waals surface area contributed by atoms with E-state index in [9.17, 15) is 4.79 Å². The molecule has 0 saturated carbocycles. The summed E-state index contributed by atoms with van der Waals surface area (Å²) in [7, 11) is 0. The molecule has 0 aliphatic heterocycles. The number of thioether (sulfide) groups is 1. The van der Waals surface area contributed by atoms with Crippen molar-refractivity contribution in [2.45, 2.75) is 31.6 Å². The summed E-state index contributed by atoms with van der Waals surface area (Å²) in [6, 6.07) is 16.2. The van der Waals surface area contributed by atoms with Gasteiger partial charge in [0.15, 0.2) is 0 Å². The molecule has 3 heteroatoms. The second-order valence-corrected chi connectivity index (χ2v) is 6.19. The summed E-state index contributed by atoms with van der Waals surface area (Å²) in [6.07, 6.45) is 1.42. The Balaban J connectivity index is 1.91. The molecule has 0 fully saturated rings. The Labute approximate surface area is 131 Å². The zero-order chi connectivity index (χ0) is 15.1. The van der Waals surface area contributed by atoms with Crippen molar-refractivity contribution in [3.05, 3.63) is 59.7 Å². The van der Waals surface area contributed by atoms with Crippen LogP contribution in [0.15, 0.2) is 53.4 Å². The van der Waals surface area contributed by atoms with Crippen LogP contribution < -0.4 is 5.32 Å². The number of hydrogen-bond acceptors (Lipinski definition) is 2. The van der Waals surface area contributed by atoms with Crippen LogP contribution in [-0.2, 0) is 17.6 Å². The minimum Gasteiger partial charge on any atom is -0.326 e. The Morgan fingerprint density at radius 1 is 0.952 bits per heavy atom. The standard InChI is InChI=1S/C18H21NOS/c1-3-14-5-9-16(10-6-14)19-18(20)13-15-7-11-17(12-8-15)21-4-2/h5-12H,3-4,13H2,1-2H3,(H,19,20). The summed E-state index contributed by atoms with van der Waals surface area (Å²) in [4.78, 5) is 13.3. The fourth-order valence-electron chi connectivity index (χ4n) is 2.08. The van der Waals surface area contributed by atoms with Gasteiger partial charge in [-0.1, -0.05) is 38.1 Å². The van der Waals surface area contributed by atoms with Gasteiger partial charge in [-0.3, -0.25) is 4.79 Å². The molecule has 2 aromatic carbocycles. The molecular weight excluding hydrogens is 278 g/mol. The van der Waals surface area contributed by atoms with Crippen molar-refractivity contribution < 1.29 is 4.79 Å². The molecule has 2 nitrogen and oxygen atoms in total. The molecule has 0 radical (unpaired) electrons. The fourth-order valence-corrected chi connectivity index (χ4v) is 2.75. The molecule has 0 saturated heterocycles. The highest BCUT2D eigenvalue weighted by Gasteiger charge is 2.04. The molecule has 2 aromatic rings. The molecule has 0 unspecified atom stereocenters. The van der Waals surface area contributed by atoms with E-state index in [1.165, 1.54) is 10.5 Å². The topological polar surface area (TPSA) is 29.1 Å². The molecule has 110 valence electrons. The van der Waals surface area contributed by atoms with Gasteiger partial charge in [-0.15, -0.1) is 11.8 Å². The van der Waals surface area contributed by atoms with Crippen LogP contribution in [-0.4, -0.2) is 11.7 Å². The largest absolute Gasteiger partial charge is 0.326 e. The minimum atomic E-state index is 0.0233. The Morgan fingerprint density at radius 2 is 1.57 bits per heavy atom. The van der Waals surface area contributed by atoms with E-state index >= 15 is 0 Å². The van der Waals surface area contributed by atoms with Crippen LogP contribution in [0.5, 0.6) is 0 Å². The van der Waals surface area contributed by atoms with Crippen molar-refractivity contribution in [3.63, 3.8) is 0 Å². The maximum absolute atomic E-state index is 12.0. The molecule has 0 aliphatic rings. The van der Waals surface area contributed by atoms with Crippen molar-refractivity contribution in [1.29, 1.82) is 0 Å². The summed E-state index contributed by atoms with van der Waals surface area (Å²) < 4.78 is 0. The third-order valence-corrected chi connectivity index (χ3v) is 4.14. The lowest BCUT2D eigenvalue weighted by molar-refractivity contribution is -0.115. The lowest BCUT2D eigenvalue weighted by atomic mass is 10.1. The van der Waals surface area contributed by atoms with Crippen LogP contribution >= 0.6 is 11.8 Å². The zero-order valence-electron chi connectivity index (χ0n) is 12.6. The van der Waals surface area contributed by atoms with Gasteiger partial charge in [0, 0.05) is 10.6 Å². The van der Waals surface area contributed by atoms with Crippen LogP contribution in [0.3, 0.4) is 0 Å². The Bertz CT molecular complexity index is 575. The van der Waals surface area contributed by atoms with Gasteiger partial charge in [-0.25, -0.2) is 0 Å². The fraction of sp³-hybridized carbons (Fsp3) is 0.278. The highest BCUT2D eigenvalue weighted by atomic mass is 32.2. The molecule has 2 rings (SSSR count). The number of amides is 1. The molecule has 0 bridgehead atoms. The second-order valence-electron chi connectivity index (χ2n) is 4.85. The average molecular weight is 299 g/mol. The first-order valence-electron chi connectivity index (χ1n) is 7.31. The van der Waals surface area contributed by atoms with E-state index in [0.29, 0.717) is 6.42 Å². The summed E-state index contributed by atoms with van der Waals surface area (Å²) in [5, 5.41) is 2.94. The third-order valence-electron chi connectivity index (χ3n) is 3.24. The normalized spacial score (nSPS) is 10.4. The number of aryl methyl sites for hydroxylation is 1. The first-order chi connectivity index (χ1) is 10.2. The van der Waals surface area contributed by atoms with Crippen LogP contribution in [0.2, 0.25) is 0 Å². The van der Waals surface area contributed by atoms with E-state index in [-0.39, 0.29) is 5.91 Å². The summed E-state index contributed by atoms with van der Waals surface area (Å²) in [5.74, 6) is 1.09. The molecule has 0 aliphatic carbocycles. The summed E-state index contributed by atoms with van der Waals surface area (Å²) >= 11 is 1.81. The number of carbonyl (C=O) groups is 1. The predicted octanol–water partition coefficient (Wildman–Crippen LogP) is 4.54. The van der Waals surface area contributed by atoms with Gasteiger partial charge in [-0.2, -0.15) is 0 Å². The average Bonchev–Trinajstić information content (AvgIpc) is 2.50. The first kappa shape index (κ1) is 15.6. The number of hydrogen-bond donors (Lipinski definition) is 1. The van der Waals surface area contributed by atoms with Crippen molar-refractivity contribution in [2.75, 3.05) is 11.1 Å². The lowest BCUT2D eigenvalue weighted by Crippen LogP contribution is -2.14. The van der Waals surface area contributed by atoms with E-state index in [0.717, 1.165) is 23.4 Å². The molecule has 21 heavy (non-hydrogen) atoms. The van der Waals surface area contributed by atoms with Crippen LogP contribution in [0.25, 0.3) is 0 Å². The van der Waals surface area contributed by atoms with E-state index in [4.69, 9.17) is 0 Å². The molecule has 1 N–H and O–H groups in total. The highest BCUT2D eigenvalue weighted by molar-refractivity contribution is 7.99. The van der Waals surface area contributed by atoms with Crippen molar-refractivity contribution in [2.24, 2.45) is 0 Å². The lowest BCUT2D eigenvalue weighted by Gasteiger charge is -2.07.